The van der Waals surface area contributed by atoms with Crippen molar-refractivity contribution in [3.8, 4) is 0 Å². The van der Waals surface area contributed by atoms with Crippen LogP contribution >= 0.6 is 22.6 Å². The van der Waals surface area contributed by atoms with Crippen molar-refractivity contribution < 1.29 is 14.1 Å². The first kappa shape index (κ1) is 16.4. The highest BCUT2D eigenvalue weighted by Crippen LogP contribution is 2.28. The minimum atomic E-state index is -0.508. The van der Waals surface area contributed by atoms with Crippen molar-refractivity contribution in [1.29, 1.82) is 0 Å². The third-order valence-electron chi connectivity index (χ3n) is 3.56. The summed E-state index contributed by atoms with van der Waals surface area (Å²) < 4.78 is 19.5. The van der Waals surface area contributed by atoms with Crippen LogP contribution in [-0.2, 0) is 4.74 Å². The molecule has 0 aliphatic heterocycles. The van der Waals surface area contributed by atoms with E-state index in [1.165, 1.54) is 31.4 Å². The SMILES string of the molecule is O=[N+]([O-])c1cc(I)c(F)cc1NCCOC1CCCCC1. The molecule has 0 spiro atoms. The van der Waals surface area contributed by atoms with Crippen LogP contribution < -0.4 is 5.32 Å². The number of ether oxygens (including phenoxy) is 1. The molecule has 1 saturated carbocycles. The lowest BCUT2D eigenvalue weighted by Gasteiger charge is -2.22. The van der Waals surface area contributed by atoms with E-state index in [2.05, 4.69) is 5.32 Å². The Kier molecular flexibility index (Phi) is 6.16. The Balaban J connectivity index is 1.87. The van der Waals surface area contributed by atoms with Crippen LogP contribution in [0.25, 0.3) is 0 Å². The topological polar surface area (TPSA) is 64.4 Å². The second-order valence-electron chi connectivity index (χ2n) is 5.10. The number of halogens is 2. The number of hydrogen-bond donors (Lipinski definition) is 1. The van der Waals surface area contributed by atoms with E-state index in [9.17, 15) is 14.5 Å². The Morgan fingerprint density at radius 1 is 1.38 bits per heavy atom. The number of anilines is 1. The van der Waals surface area contributed by atoms with Gasteiger partial charge in [0, 0.05) is 18.7 Å². The molecule has 21 heavy (non-hydrogen) atoms. The maximum absolute atomic E-state index is 13.5. The maximum Gasteiger partial charge on any atom is 0.293 e. The highest BCUT2D eigenvalue weighted by molar-refractivity contribution is 14.1. The molecule has 2 rings (SSSR count). The van der Waals surface area contributed by atoms with Gasteiger partial charge < -0.3 is 10.1 Å². The van der Waals surface area contributed by atoms with Crippen molar-refractivity contribution in [3.63, 3.8) is 0 Å². The van der Waals surface area contributed by atoms with Gasteiger partial charge >= 0.3 is 0 Å². The molecule has 1 aromatic rings. The smallest absolute Gasteiger partial charge is 0.293 e. The van der Waals surface area contributed by atoms with E-state index in [-0.39, 0.29) is 14.9 Å². The lowest BCUT2D eigenvalue weighted by Crippen LogP contribution is -2.20. The number of rotatable bonds is 6. The number of hydrogen-bond acceptors (Lipinski definition) is 4. The van der Waals surface area contributed by atoms with E-state index in [4.69, 9.17) is 4.74 Å². The molecule has 7 heteroatoms. The summed E-state index contributed by atoms with van der Waals surface area (Å²) in [6, 6.07) is 2.40. The van der Waals surface area contributed by atoms with E-state index in [1.54, 1.807) is 22.6 Å². The molecule has 5 nitrogen and oxygen atoms in total. The van der Waals surface area contributed by atoms with Gasteiger partial charge in [-0.2, -0.15) is 0 Å². The highest BCUT2D eigenvalue weighted by atomic mass is 127. The summed E-state index contributed by atoms with van der Waals surface area (Å²) in [6.07, 6.45) is 6.13. The van der Waals surface area contributed by atoms with Gasteiger partial charge in [-0.05, 0) is 35.4 Å². The van der Waals surface area contributed by atoms with E-state index >= 15 is 0 Å². The standard InChI is InChI=1S/C14H18FIN2O3/c15-11-8-13(14(18(19)20)9-12(11)16)17-6-7-21-10-4-2-1-3-5-10/h8-10,17H,1-7H2. The Labute approximate surface area is 136 Å². The summed E-state index contributed by atoms with van der Waals surface area (Å²) in [5.41, 5.74) is 0.0867. The van der Waals surface area contributed by atoms with E-state index in [0.717, 1.165) is 12.8 Å². The molecule has 0 unspecified atom stereocenters. The number of benzene rings is 1. The Morgan fingerprint density at radius 3 is 2.76 bits per heavy atom. The molecule has 0 saturated heterocycles. The van der Waals surface area contributed by atoms with Crippen molar-refractivity contribution in [2.75, 3.05) is 18.5 Å². The third kappa shape index (κ3) is 4.77. The predicted octanol–water partition coefficient (Wildman–Crippen LogP) is 4.10. The summed E-state index contributed by atoms with van der Waals surface area (Å²) in [6.45, 7) is 0.896. The molecule has 1 N–H and O–H groups in total. The van der Waals surface area contributed by atoms with Crippen LogP contribution in [0.5, 0.6) is 0 Å². The molecule has 116 valence electrons. The van der Waals surface area contributed by atoms with Gasteiger partial charge in [-0.1, -0.05) is 19.3 Å². The zero-order chi connectivity index (χ0) is 15.2. The summed E-state index contributed by atoms with van der Waals surface area (Å²) >= 11 is 1.74. The zero-order valence-electron chi connectivity index (χ0n) is 11.6. The number of nitro groups is 1. The van der Waals surface area contributed by atoms with E-state index in [0.29, 0.717) is 19.3 Å². The lowest BCUT2D eigenvalue weighted by molar-refractivity contribution is -0.384. The largest absolute Gasteiger partial charge is 0.377 e. The van der Waals surface area contributed by atoms with Crippen LogP contribution in [0.1, 0.15) is 32.1 Å². The van der Waals surface area contributed by atoms with Gasteiger partial charge in [-0.3, -0.25) is 10.1 Å². The summed E-state index contributed by atoms with van der Waals surface area (Å²) in [4.78, 5) is 10.5. The third-order valence-corrected chi connectivity index (χ3v) is 4.39. The molecule has 0 amide bonds. The van der Waals surface area contributed by atoms with Gasteiger partial charge in [-0.25, -0.2) is 4.39 Å². The molecular weight excluding hydrogens is 390 g/mol. The first-order valence-electron chi connectivity index (χ1n) is 7.07. The zero-order valence-corrected chi connectivity index (χ0v) is 13.8. The molecule has 0 bridgehead atoms. The molecule has 0 radical (unpaired) electrons. The van der Waals surface area contributed by atoms with Crippen LogP contribution in [0.3, 0.4) is 0 Å². The molecule has 1 aliphatic carbocycles. The Bertz CT molecular complexity index is 507. The molecule has 0 heterocycles. The second kappa shape index (κ2) is 7.88. The van der Waals surface area contributed by atoms with Crippen molar-refractivity contribution >= 4 is 34.0 Å². The maximum atomic E-state index is 13.5. The summed E-state index contributed by atoms with van der Waals surface area (Å²) in [5, 5.41) is 13.9. The quantitative estimate of drug-likeness (QED) is 0.333. The minimum absolute atomic E-state index is 0.113. The van der Waals surface area contributed by atoms with Gasteiger partial charge in [0.15, 0.2) is 0 Å². The van der Waals surface area contributed by atoms with Crippen molar-refractivity contribution in [2.24, 2.45) is 0 Å². The normalized spacial score (nSPS) is 15.9. The monoisotopic (exact) mass is 408 g/mol. The predicted molar refractivity (Wildman–Crippen MR) is 87.1 cm³/mol. The van der Waals surface area contributed by atoms with Gasteiger partial charge in [0.05, 0.1) is 21.2 Å². The van der Waals surface area contributed by atoms with Crippen LogP contribution in [0.2, 0.25) is 0 Å². The van der Waals surface area contributed by atoms with Gasteiger partial charge in [-0.15, -0.1) is 0 Å². The van der Waals surface area contributed by atoms with Crippen LogP contribution in [-0.4, -0.2) is 24.2 Å². The molecule has 0 aromatic heterocycles. The van der Waals surface area contributed by atoms with Crippen LogP contribution in [0.4, 0.5) is 15.8 Å². The summed E-state index contributed by atoms with van der Waals surface area (Å²) in [7, 11) is 0. The molecule has 0 atom stereocenters. The first-order valence-corrected chi connectivity index (χ1v) is 8.14. The van der Waals surface area contributed by atoms with Crippen molar-refractivity contribution in [2.45, 2.75) is 38.2 Å². The minimum Gasteiger partial charge on any atom is -0.377 e. The van der Waals surface area contributed by atoms with E-state index < -0.39 is 10.7 Å². The lowest BCUT2D eigenvalue weighted by atomic mass is 9.98. The van der Waals surface area contributed by atoms with Crippen LogP contribution in [0, 0.1) is 19.5 Å². The highest BCUT2D eigenvalue weighted by Gasteiger charge is 2.18. The number of nitrogens with zero attached hydrogens (tertiary/aromatic N) is 1. The Morgan fingerprint density at radius 2 is 2.10 bits per heavy atom. The molecule has 1 aromatic carbocycles. The van der Waals surface area contributed by atoms with Gasteiger partial charge in [0.1, 0.15) is 11.5 Å². The molecule has 1 fully saturated rings. The number of nitrogens with one attached hydrogen (secondary N) is 1. The average molecular weight is 408 g/mol. The second-order valence-corrected chi connectivity index (χ2v) is 6.26. The molecule has 1 aliphatic rings. The fourth-order valence-electron chi connectivity index (χ4n) is 2.47. The first-order chi connectivity index (χ1) is 10.1. The van der Waals surface area contributed by atoms with Crippen LogP contribution in [0.15, 0.2) is 12.1 Å². The fourth-order valence-corrected chi connectivity index (χ4v) is 2.92. The fraction of sp³-hybridized carbons (Fsp3) is 0.571. The summed E-state index contributed by atoms with van der Waals surface area (Å²) in [5.74, 6) is -0.461. The van der Waals surface area contributed by atoms with Crippen molar-refractivity contribution in [1.82, 2.24) is 0 Å². The average Bonchev–Trinajstić information content (AvgIpc) is 2.47. The number of nitro benzene ring substituents is 1. The molecular formula is C14H18FIN2O3. The van der Waals surface area contributed by atoms with Crippen molar-refractivity contribution in [3.05, 3.63) is 31.6 Å². The van der Waals surface area contributed by atoms with Gasteiger partial charge in [0.2, 0.25) is 0 Å². The Hall–Kier alpha value is -0.960. The van der Waals surface area contributed by atoms with E-state index in [1.807, 2.05) is 0 Å². The van der Waals surface area contributed by atoms with Gasteiger partial charge in [0.25, 0.3) is 5.69 Å².